The molecule has 2 rings (SSSR count). The van der Waals surface area contributed by atoms with Crippen molar-refractivity contribution in [3.63, 3.8) is 0 Å². The maximum atomic E-state index is 5.62. The number of rotatable bonds is 4. The summed E-state index contributed by atoms with van der Waals surface area (Å²) in [6.45, 7) is 4.61. The van der Waals surface area contributed by atoms with Gasteiger partial charge in [0.15, 0.2) is 0 Å². The number of fused-ring (bicyclic) bond motifs is 1. The molecule has 0 amide bonds. The van der Waals surface area contributed by atoms with E-state index < -0.39 is 0 Å². The van der Waals surface area contributed by atoms with Crippen molar-refractivity contribution in [3.05, 3.63) is 29.8 Å². The molecular weight excluding hydrogens is 198 g/mol. The Morgan fingerprint density at radius 3 is 3.19 bits per heavy atom. The third-order valence-electron chi connectivity index (χ3n) is 2.79. The van der Waals surface area contributed by atoms with Crippen molar-refractivity contribution in [1.82, 2.24) is 5.32 Å². The van der Waals surface area contributed by atoms with Gasteiger partial charge in [-0.05, 0) is 13.0 Å². The highest BCUT2D eigenvalue weighted by Gasteiger charge is 2.22. The van der Waals surface area contributed by atoms with Crippen LogP contribution in [0.4, 0.5) is 0 Å². The molecule has 1 unspecified atom stereocenters. The maximum absolute atomic E-state index is 5.62. The Morgan fingerprint density at radius 2 is 2.31 bits per heavy atom. The van der Waals surface area contributed by atoms with Crippen molar-refractivity contribution >= 4 is 0 Å². The second-order valence-corrected chi connectivity index (χ2v) is 3.93. The lowest BCUT2D eigenvalue weighted by Crippen LogP contribution is -2.23. The molecule has 1 aliphatic heterocycles. The number of hydrogen-bond acceptors (Lipinski definition) is 2. The molecule has 1 atom stereocenters. The third-order valence-corrected chi connectivity index (χ3v) is 2.79. The first kappa shape index (κ1) is 11.0. The molecule has 2 heteroatoms. The molecule has 0 fully saturated rings. The molecule has 0 bridgehead atoms. The summed E-state index contributed by atoms with van der Waals surface area (Å²) in [6, 6.07) is 8.28. The lowest BCUT2D eigenvalue weighted by molar-refractivity contribution is 0.327. The predicted octanol–water partition coefficient (Wildman–Crippen LogP) is 2.17. The number of nitrogens with one attached hydrogen (secondary N) is 1. The Hall–Kier alpha value is -1.46. The fourth-order valence-electron chi connectivity index (χ4n) is 1.95. The average Bonchev–Trinajstić information content (AvgIpc) is 2.73. The van der Waals surface area contributed by atoms with Crippen LogP contribution in [0, 0.1) is 11.8 Å². The minimum Gasteiger partial charge on any atom is -0.493 e. The van der Waals surface area contributed by atoms with E-state index in [1.807, 2.05) is 19.1 Å². The predicted molar refractivity (Wildman–Crippen MR) is 65.6 cm³/mol. The van der Waals surface area contributed by atoms with Crippen molar-refractivity contribution in [3.8, 4) is 17.6 Å². The molecule has 0 saturated heterocycles. The average molecular weight is 215 g/mol. The quantitative estimate of drug-likeness (QED) is 0.614. The lowest BCUT2D eigenvalue weighted by atomic mass is 10.0. The standard InChI is InChI=1S/C14H17NO/c1-2-3-6-9-15-10-12-11-16-14-8-5-4-7-13(12)14/h4-5,7-8,12,15H,6,9-11H2,1H3. The zero-order valence-corrected chi connectivity index (χ0v) is 9.62. The Labute approximate surface area is 97.0 Å². The molecule has 0 spiro atoms. The summed E-state index contributed by atoms with van der Waals surface area (Å²) in [7, 11) is 0. The number of benzene rings is 1. The second kappa shape index (κ2) is 5.58. The van der Waals surface area contributed by atoms with E-state index in [2.05, 4.69) is 29.3 Å². The summed E-state index contributed by atoms with van der Waals surface area (Å²) in [5, 5.41) is 3.42. The molecule has 1 aromatic carbocycles. The topological polar surface area (TPSA) is 21.3 Å². The Bertz CT molecular complexity index is 403. The van der Waals surface area contributed by atoms with Crippen LogP contribution < -0.4 is 10.1 Å². The largest absolute Gasteiger partial charge is 0.493 e. The van der Waals surface area contributed by atoms with E-state index in [-0.39, 0.29) is 0 Å². The van der Waals surface area contributed by atoms with Gasteiger partial charge in [0.05, 0.1) is 6.61 Å². The Kier molecular flexibility index (Phi) is 3.85. The van der Waals surface area contributed by atoms with Gasteiger partial charge in [-0.2, -0.15) is 0 Å². The van der Waals surface area contributed by atoms with E-state index in [1.54, 1.807) is 0 Å². The van der Waals surface area contributed by atoms with Gasteiger partial charge in [-0.25, -0.2) is 0 Å². The molecular formula is C14H17NO. The van der Waals surface area contributed by atoms with Crippen LogP contribution in [0.15, 0.2) is 24.3 Å². The van der Waals surface area contributed by atoms with E-state index in [9.17, 15) is 0 Å². The smallest absolute Gasteiger partial charge is 0.122 e. The number of para-hydroxylation sites is 1. The number of hydrogen-bond donors (Lipinski definition) is 1. The van der Waals surface area contributed by atoms with Gasteiger partial charge in [0.1, 0.15) is 5.75 Å². The summed E-state index contributed by atoms with van der Waals surface area (Å²) >= 11 is 0. The molecule has 0 aromatic heterocycles. The SMILES string of the molecule is CC#CCCNCC1COc2ccccc21. The van der Waals surface area contributed by atoms with E-state index in [0.717, 1.165) is 31.9 Å². The fraction of sp³-hybridized carbons (Fsp3) is 0.429. The van der Waals surface area contributed by atoms with E-state index in [4.69, 9.17) is 4.74 Å². The van der Waals surface area contributed by atoms with Crippen LogP contribution in [0.25, 0.3) is 0 Å². The Balaban J connectivity index is 1.81. The summed E-state index contributed by atoms with van der Waals surface area (Å²) in [6.07, 6.45) is 0.922. The highest BCUT2D eigenvalue weighted by Crippen LogP contribution is 2.32. The first-order valence-electron chi connectivity index (χ1n) is 5.74. The first-order valence-corrected chi connectivity index (χ1v) is 5.74. The van der Waals surface area contributed by atoms with Crippen LogP contribution in [0.2, 0.25) is 0 Å². The van der Waals surface area contributed by atoms with E-state index in [0.29, 0.717) is 5.92 Å². The maximum Gasteiger partial charge on any atom is 0.122 e. The summed E-state index contributed by atoms with van der Waals surface area (Å²) in [4.78, 5) is 0. The van der Waals surface area contributed by atoms with Crippen molar-refractivity contribution in [2.24, 2.45) is 0 Å². The minimum absolute atomic E-state index is 0.491. The second-order valence-electron chi connectivity index (χ2n) is 3.93. The highest BCUT2D eigenvalue weighted by atomic mass is 16.5. The molecule has 1 N–H and O–H groups in total. The van der Waals surface area contributed by atoms with Crippen LogP contribution in [0.1, 0.15) is 24.8 Å². The van der Waals surface area contributed by atoms with Crippen molar-refractivity contribution in [2.45, 2.75) is 19.3 Å². The zero-order chi connectivity index (χ0) is 11.2. The summed E-state index contributed by atoms with van der Waals surface area (Å²) in [5.74, 6) is 7.48. The summed E-state index contributed by atoms with van der Waals surface area (Å²) in [5.41, 5.74) is 1.33. The van der Waals surface area contributed by atoms with Crippen molar-refractivity contribution < 1.29 is 4.74 Å². The fourth-order valence-corrected chi connectivity index (χ4v) is 1.95. The normalized spacial score (nSPS) is 17.2. The molecule has 0 saturated carbocycles. The molecule has 1 aliphatic rings. The van der Waals surface area contributed by atoms with Gasteiger partial charge in [-0.1, -0.05) is 18.2 Å². The minimum atomic E-state index is 0.491. The van der Waals surface area contributed by atoms with Crippen LogP contribution in [-0.2, 0) is 0 Å². The van der Waals surface area contributed by atoms with Gasteiger partial charge in [0.2, 0.25) is 0 Å². The summed E-state index contributed by atoms with van der Waals surface area (Å²) < 4.78 is 5.62. The molecule has 1 heterocycles. The molecule has 2 nitrogen and oxygen atoms in total. The monoisotopic (exact) mass is 215 g/mol. The first-order chi connectivity index (χ1) is 7.92. The highest BCUT2D eigenvalue weighted by molar-refractivity contribution is 5.39. The third kappa shape index (κ3) is 2.56. The van der Waals surface area contributed by atoms with Gasteiger partial charge in [-0.15, -0.1) is 11.8 Å². The van der Waals surface area contributed by atoms with Gasteiger partial charge in [-0.3, -0.25) is 0 Å². The van der Waals surface area contributed by atoms with Crippen LogP contribution in [-0.4, -0.2) is 19.7 Å². The number of ether oxygens (including phenoxy) is 1. The van der Waals surface area contributed by atoms with Crippen LogP contribution in [0.3, 0.4) is 0 Å². The molecule has 0 radical (unpaired) electrons. The van der Waals surface area contributed by atoms with Crippen molar-refractivity contribution in [2.75, 3.05) is 19.7 Å². The molecule has 0 aliphatic carbocycles. The van der Waals surface area contributed by atoms with Crippen LogP contribution >= 0.6 is 0 Å². The Morgan fingerprint density at radius 1 is 1.44 bits per heavy atom. The van der Waals surface area contributed by atoms with E-state index >= 15 is 0 Å². The van der Waals surface area contributed by atoms with Crippen LogP contribution in [0.5, 0.6) is 5.75 Å². The molecule has 84 valence electrons. The van der Waals surface area contributed by atoms with Gasteiger partial charge in [0, 0.05) is 31.0 Å². The van der Waals surface area contributed by atoms with Gasteiger partial charge < -0.3 is 10.1 Å². The van der Waals surface area contributed by atoms with E-state index in [1.165, 1.54) is 5.56 Å². The van der Waals surface area contributed by atoms with Gasteiger partial charge >= 0.3 is 0 Å². The van der Waals surface area contributed by atoms with Crippen molar-refractivity contribution in [1.29, 1.82) is 0 Å². The molecule has 16 heavy (non-hydrogen) atoms. The lowest BCUT2D eigenvalue weighted by Gasteiger charge is -2.09. The molecule has 1 aromatic rings. The van der Waals surface area contributed by atoms with Gasteiger partial charge in [0.25, 0.3) is 0 Å². The zero-order valence-electron chi connectivity index (χ0n) is 9.62.